The van der Waals surface area contributed by atoms with Crippen molar-refractivity contribution >= 4 is 16.9 Å². The highest BCUT2D eigenvalue weighted by atomic mass is 16.1. The second kappa shape index (κ2) is 5.48. The van der Waals surface area contributed by atoms with Gasteiger partial charge in [-0.1, -0.05) is 19.1 Å². The summed E-state index contributed by atoms with van der Waals surface area (Å²) >= 11 is 0. The summed E-state index contributed by atoms with van der Waals surface area (Å²) < 4.78 is 2.01. The van der Waals surface area contributed by atoms with Crippen molar-refractivity contribution in [3.63, 3.8) is 0 Å². The van der Waals surface area contributed by atoms with Crippen molar-refractivity contribution in [2.24, 2.45) is 0 Å². The fourth-order valence-electron chi connectivity index (χ4n) is 1.76. The average molecular weight is 231 g/mol. The number of aromatic nitrogens is 2. The molecule has 2 aromatic rings. The van der Waals surface area contributed by atoms with Crippen molar-refractivity contribution in [1.82, 2.24) is 14.9 Å². The largest absolute Gasteiger partial charge is 0.356 e. The van der Waals surface area contributed by atoms with Crippen LogP contribution in [0, 0.1) is 0 Å². The van der Waals surface area contributed by atoms with E-state index in [2.05, 4.69) is 10.3 Å². The third kappa shape index (κ3) is 2.84. The number of carbonyl (C=O) groups excluding carboxylic acids is 1. The molecule has 0 bridgehead atoms. The van der Waals surface area contributed by atoms with Gasteiger partial charge in [-0.3, -0.25) is 4.79 Å². The van der Waals surface area contributed by atoms with Gasteiger partial charge in [-0.05, 0) is 18.6 Å². The number of benzene rings is 1. The molecule has 0 atom stereocenters. The molecule has 0 saturated heterocycles. The first kappa shape index (κ1) is 11.6. The Morgan fingerprint density at radius 1 is 1.41 bits per heavy atom. The summed E-state index contributed by atoms with van der Waals surface area (Å²) in [4.78, 5) is 15.8. The van der Waals surface area contributed by atoms with E-state index in [-0.39, 0.29) is 5.91 Å². The van der Waals surface area contributed by atoms with Gasteiger partial charge in [0.1, 0.15) is 0 Å². The highest BCUT2D eigenvalue weighted by Gasteiger charge is 2.04. The molecule has 0 unspecified atom stereocenters. The fourth-order valence-corrected chi connectivity index (χ4v) is 1.76. The number of imidazole rings is 1. The summed E-state index contributed by atoms with van der Waals surface area (Å²) in [5.41, 5.74) is 2.05. The van der Waals surface area contributed by atoms with Gasteiger partial charge in [-0.15, -0.1) is 0 Å². The lowest BCUT2D eigenvalue weighted by atomic mass is 10.3. The number of aryl methyl sites for hydroxylation is 1. The summed E-state index contributed by atoms with van der Waals surface area (Å²) in [5, 5.41) is 2.87. The fraction of sp³-hybridized carbons (Fsp3) is 0.385. The van der Waals surface area contributed by atoms with Crippen molar-refractivity contribution in [3.8, 4) is 0 Å². The number of rotatable bonds is 5. The van der Waals surface area contributed by atoms with Crippen LogP contribution in [0.2, 0.25) is 0 Å². The molecular formula is C13H17N3O. The summed E-state index contributed by atoms with van der Waals surface area (Å²) in [7, 11) is 0. The van der Waals surface area contributed by atoms with E-state index >= 15 is 0 Å². The molecule has 2 rings (SSSR count). The van der Waals surface area contributed by atoms with Crippen LogP contribution in [0.5, 0.6) is 0 Å². The number of para-hydroxylation sites is 2. The monoisotopic (exact) mass is 231 g/mol. The highest BCUT2D eigenvalue weighted by Crippen LogP contribution is 2.11. The van der Waals surface area contributed by atoms with Crippen molar-refractivity contribution < 1.29 is 4.79 Å². The number of carbonyl (C=O) groups is 1. The number of nitrogens with one attached hydrogen (secondary N) is 1. The minimum Gasteiger partial charge on any atom is -0.356 e. The van der Waals surface area contributed by atoms with Crippen molar-refractivity contribution in [2.75, 3.05) is 6.54 Å². The minimum absolute atomic E-state index is 0.102. The predicted molar refractivity (Wildman–Crippen MR) is 67.7 cm³/mol. The Hall–Kier alpha value is -1.84. The molecule has 4 heteroatoms. The molecule has 0 spiro atoms. The number of fused-ring (bicyclic) bond motifs is 1. The molecule has 1 aromatic heterocycles. The SMILES string of the molecule is CCCNC(=O)CCn1cnc2ccccc21. The first-order valence-corrected chi connectivity index (χ1v) is 5.98. The molecule has 1 heterocycles. The van der Waals surface area contributed by atoms with E-state index < -0.39 is 0 Å². The second-order valence-electron chi connectivity index (χ2n) is 4.03. The average Bonchev–Trinajstić information content (AvgIpc) is 2.77. The molecule has 17 heavy (non-hydrogen) atoms. The molecule has 0 aliphatic carbocycles. The Kier molecular flexibility index (Phi) is 3.75. The third-order valence-corrected chi connectivity index (χ3v) is 2.68. The van der Waals surface area contributed by atoms with E-state index in [9.17, 15) is 4.79 Å². The van der Waals surface area contributed by atoms with Gasteiger partial charge in [-0.2, -0.15) is 0 Å². The number of nitrogens with zero attached hydrogens (tertiary/aromatic N) is 2. The van der Waals surface area contributed by atoms with Crippen LogP contribution in [0.25, 0.3) is 11.0 Å². The summed E-state index contributed by atoms with van der Waals surface area (Å²) in [6.45, 7) is 3.48. The molecular weight excluding hydrogens is 214 g/mol. The highest BCUT2D eigenvalue weighted by molar-refractivity contribution is 5.77. The molecule has 1 aromatic carbocycles. The molecule has 0 fully saturated rings. The molecule has 1 N–H and O–H groups in total. The molecule has 1 amide bonds. The third-order valence-electron chi connectivity index (χ3n) is 2.68. The van der Waals surface area contributed by atoms with Gasteiger partial charge in [0.25, 0.3) is 0 Å². The van der Waals surface area contributed by atoms with Gasteiger partial charge in [0.15, 0.2) is 0 Å². The van der Waals surface area contributed by atoms with Gasteiger partial charge in [0.05, 0.1) is 17.4 Å². The van der Waals surface area contributed by atoms with Gasteiger partial charge >= 0.3 is 0 Å². The van der Waals surface area contributed by atoms with Gasteiger partial charge < -0.3 is 9.88 Å². The van der Waals surface area contributed by atoms with Crippen LogP contribution >= 0.6 is 0 Å². The molecule has 0 aliphatic rings. The first-order chi connectivity index (χ1) is 8.31. The normalized spacial score (nSPS) is 10.6. The maximum atomic E-state index is 11.5. The van der Waals surface area contributed by atoms with Gasteiger partial charge in [0.2, 0.25) is 5.91 Å². The lowest BCUT2D eigenvalue weighted by Gasteiger charge is -2.05. The van der Waals surface area contributed by atoms with Gasteiger partial charge in [-0.25, -0.2) is 4.98 Å². The van der Waals surface area contributed by atoms with Crippen molar-refractivity contribution in [2.45, 2.75) is 26.3 Å². The number of hydrogen-bond donors (Lipinski definition) is 1. The number of hydrogen-bond acceptors (Lipinski definition) is 2. The van der Waals surface area contributed by atoms with Crippen LogP contribution in [0.1, 0.15) is 19.8 Å². The maximum absolute atomic E-state index is 11.5. The van der Waals surface area contributed by atoms with Gasteiger partial charge in [0, 0.05) is 19.5 Å². The van der Waals surface area contributed by atoms with E-state index in [4.69, 9.17) is 0 Å². The lowest BCUT2D eigenvalue weighted by molar-refractivity contribution is -0.121. The molecule has 0 aliphatic heterocycles. The van der Waals surface area contributed by atoms with Crippen LogP contribution in [0.3, 0.4) is 0 Å². The topological polar surface area (TPSA) is 46.9 Å². The summed E-state index contributed by atoms with van der Waals surface area (Å²) in [5.74, 6) is 0.102. The molecule has 0 radical (unpaired) electrons. The quantitative estimate of drug-likeness (QED) is 0.855. The van der Waals surface area contributed by atoms with E-state index in [0.29, 0.717) is 13.0 Å². The summed E-state index contributed by atoms with van der Waals surface area (Å²) in [6, 6.07) is 7.95. The van der Waals surface area contributed by atoms with E-state index in [1.54, 1.807) is 6.33 Å². The van der Waals surface area contributed by atoms with Crippen molar-refractivity contribution in [3.05, 3.63) is 30.6 Å². The first-order valence-electron chi connectivity index (χ1n) is 5.98. The standard InChI is InChI=1S/C13H17N3O/c1-2-8-14-13(17)7-9-16-10-15-11-5-3-4-6-12(11)16/h3-6,10H,2,7-9H2,1H3,(H,14,17). The Balaban J connectivity index is 1.97. The van der Waals surface area contributed by atoms with Crippen LogP contribution in [0.4, 0.5) is 0 Å². The van der Waals surface area contributed by atoms with E-state index in [1.165, 1.54) is 0 Å². The number of amides is 1. The smallest absolute Gasteiger partial charge is 0.221 e. The van der Waals surface area contributed by atoms with Crippen LogP contribution in [0.15, 0.2) is 30.6 Å². The molecule has 4 nitrogen and oxygen atoms in total. The van der Waals surface area contributed by atoms with E-state index in [1.807, 2.05) is 35.8 Å². The van der Waals surface area contributed by atoms with E-state index in [0.717, 1.165) is 24.0 Å². The van der Waals surface area contributed by atoms with Crippen molar-refractivity contribution in [1.29, 1.82) is 0 Å². The second-order valence-corrected chi connectivity index (χ2v) is 4.03. The Morgan fingerprint density at radius 2 is 2.24 bits per heavy atom. The Labute approximate surface area is 101 Å². The zero-order chi connectivity index (χ0) is 12.1. The maximum Gasteiger partial charge on any atom is 0.221 e. The van der Waals surface area contributed by atoms with Crippen LogP contribution < -0.4 is 5.32 Å². The van der Waals surface area contributed by atoms with Crippen LogP contribution in [-0.2, 0) is 11.3 Å². The zero-order valence-electron chi connectivity index (χ0n) is 10.0. The molecule has 90 valence electrons. The Bertz CT molecular complexity index is 504. The predicted octanol–water partition coefficient (Wildman–Crippen LogP) is 1.95. The lowest BCUT2D eigenvalue weighted by Crippen LogP contribution is -2.24. The zero-order valence-corrected chi connectivity index (χ0v) is 10.0. The Morgan fingerprint density at radius 3 is 3.06 bits per heavy atom. The minimum atomic E-state index is 0.102. The molecule has 0 saturated carbocycles. The summed E-state index contributed by atoms with van der Waals surface area (Å²) in [6.07, 6.45) is 3.26. The van der Waals surface area contributed by atoms with Crippen LogP contribution in [-0.4, -0.2) is 22.0 Å².